The molecule has 0 radical (unpaired) electrons. The van der Waals surface area contributed by atoms with E-state index in [-0.39, 0.29) is 23.1 Å². The largest absolute Gasteiger partial charge is 0.325 e. The van der Waals surface area contributed by atoms with Crippen molar-refractivity contribution in [2.24, 2.45) is 0 Å². The van der Waals surface area contributed by atoms with Crippen LogP contribution >= 0.6 is 11.8 Å². The zero-order valence-electron chi connectivity index (χ0n) is 19.2. The van der Waals surface area contributed by atoms with Gasteiger partial charge in [-0.1, -0.05) is 48.0 Å². The van der Waals surface area contributed by atoms with Gasteiger partial charge in [0, 0.05) is 28.5 Å². The molecule has 0 fully saturated rings. The maximum absolute atomic E-state index is 13.0. The molecule has 0 unspecified atom stereocenters. The van der Waals surface area contributed by atoms with E-state index in [0.29, 0.717) is 17.8 Å². The van der Waals surface area contributed by atoms with Gasteiger partial charge in [-0.2, -0.15) is 0 Å². The predicted molar refractivity (Wildman–Crippen MR) is 141 cm³/mol. The molecule has 4 rings (SSSR count). The number of nitrogens with one attached hydrogen (secondary N) is 2. The number of carbonyl (C=O) groups is 2. The van der Waals surface area contributed by atoms with Crippen molar-refractivity contribution in [3.05, 3.63) is 124 Å². The first-order valence-corrected chi connectivity index (χ1v) is 12.1. The van der Waals surface area contributed by atoms with Gasteiger partial charge in [-0.15, -0.1) is 11.8 Å². The Morgan fingerprint density at radius 1 is 0.800 bits per heavy atom. The van der Waals surface area contributed by atoms with Crippen LogP contribution in [0.1, 0.15) is 21.5 Å². The highest BCUT2D eigenvalue weighted by atomic mass is 32.2. The molecule has 0 spiro atoms. The molecule has 35 heavy (non-hydrogen) atoms. The van der Waals surface area contributed by atoms with Crippen LogP contribution in [0.5, 0.6) is 0 Å². The molecule has 0 saturated carbocycles. The molecular formula is C28H25N3O3S. The number of aromatic nitrogens is 1. The van der Waals surface area contributed by atoms with Crippen molar-refractivity contribution in [2.75, 3.05) is 16.4 Å². The van der Waals surface area contributed by atoms with E-state index in [9.17, 15) is 14.4 Å². The molecule has 3 aromatic carbocycles. The summed E-state index contributed by atoms with van der Waals surface area (Å²) < 4.78 is 1.62. The van der Waals surface area contributed by atoms with Crippen LogP contribution in [-0.2, 0) is 11.3 Å². The number of rotatable bonds is 8. The van der Waals surface area contributed by atoms with Crippen LogP contribution in [0, 0.1) is 6.92 Å². The van der Waals surface area contributed by atoms with Crippen molar-refractivity contribution in [3.63, 3.8) is 0 Å². The normalized spacial score (nSPS) is 10.5. The summed E-state index contributed by atoms with van der Waals surface area (Å²) in [6.45, 7) is 2.45. The number of thioether (sulfide) groups is 1. The Balaban J connectivity index is 1.36. The Kier molecular flexibility index (Phi) is 7.80. The summed E-state index contributed by atoms with van der Waals surface area (Å²) in [6, 6.07) is 27.3. The van der Waals surface area contributed by atoms with Crippen molar-refractivity contribution in [1.82, 2.24) is 4.57 Å². The Labute approximate surface area is 208 Å². The average molecular weight is 484 g/mol. The first-order valence-electron chi connectivity index (χ1n) is 11.1. The molecular weight excluding hydrogens is 458 g/mol. The molecule has 1 heterocycles. The third kappa shape index (κ3) is 6.71. The molecule has 1 aromatic heterocycles. The SMILES string of the molecule is Cc1ccc(NC(=O)CSc2ccccc2C(=O)Nc2ccc(Cn3ccccc3=O)cc2)cc1. The molecule has 0 aliphatic carbocycles. The van der Waals surface area contributed by atoms with Crippen molar-refractivity contribution < 1.29 is 9.59 Å². The highest BCUT2D eigenvalue weighted by Gasteiger charge is 2.13. The minimum Gasteiger partial charge on any atom is -0.325 e. The molecule has 2 N–H and O–H groups in total. The van der Waals surface area contributed by atoms with Crippen LogP contribution in [0.4, 0.5) is 11.4 Å². The lowest BCUT2D eigenvalue weighted by atomic mass is 10.1. The summed E-state index contributed by atoms with van der Waals surface area (Å²) in [5, 5.41) is 5.78. The molecule has 6 nitrogen and oxygen atoms in total. The van der Waals surface area contributed by atoms with Crippen LogP contribution in [0.25, 0.3) is 0 Å². The van der Waals surface area contributed by atoms with Crippen LogP contribution in [0.15, 0.2) is 107 Å². The van der Waals surface area contributed by atoms with Crippen molar-refractivity contribution in [2.45, 2.75) is 18.4 Å². The third-order valence-corrected chi connectivity index (χ3v) is 6.36. The van der Waals surface area contributed by atoms with Gasteiger partial charge < -0.3 is 15.2 Å². The number of hydrogen-bond acceptors (Lipinski definition) is 4. The second kappa shape index (κ2) is 11.4. The number of carbonyl (C=O) groups excluding carboxylic acids is 2. The molecule has 4 aromatic rings. The van der Waals surface area contributed by atoms with Gasteiger partial charge in [-0.3, -0.25) is 14.4 Å². The van der Waals surface area contributed by atoms with E-state index in [0.717, 1.165) is 21.7 Å². The van der Waals surface area contributed by atoms with Gasteiger partial charge in [0.1, 0.15) is 0 Å². The highest BCUT2D eigenvalue weighted by molar-refractivity contribution is 8.00. The quantitative estimate of drug-likeness (QED) is 0.338. The maximum Gasteiger partial charge on any atom is 0.256 e. The molecule has 0 saturated heterocycles. The average Bonchev–Trinajstić information content (AvgIpc) is 2.87. The first kappa shape index (κ1) is 24.0. The fourth-order valence-corrected chi connectivity index (χ4v) is 4.29. The summed E-state index contributed by atoms with van der Waals surface area (Å²) >= 11 is 1.32. The van der Waals surface area contributed by atoms with E-state index in [1.165, 1.54) is 17.8 Å². The summed E-state index contributed by atoms with van der Waals surface area (Å²) in [6.07, 6.45) is 1.74. The predicted octanol–water partition coefficient (Wildman–Crippen LogP) is 5.19. The monoisotopic (exact) mass is 483 g/mol. The second-order valence-electron chi connectivity index (χ2n) is 8.02. The Hall–Kier alpha value is -4.10. The third-order valence-electron chi connectivity index (χ3n) is 5.29. The molecule has 0 bridgehead atoms. The molecule has 2 amide bonds. The smallest absolute Gasteiger partial charge is 0.256 e. The number of amides is 2. The van der Waals surface area contributed by atoms with E-state index in [4.69, 9.17) is 0 Å². The highest BCUT2D eigenvalue weighted by Crippen LogP contribution is 2.24. The maximum atomic E-state index is 13.0. The molecule has 0 aliphatic rings. The van der Waals surface area contributed by atoms with E-state index in [1.54, 1.807) is 29.0 Å². The minimum atomic E-state index is -0.251. The van der Waals surface area contributed by atoms with Crippen LogP contribution in [-0.4, -0.2) is 22.1 Å². The van der Waals surface area contributed by atoms with E-state index in [1.807, 2.05) is 73.7 Å². The molecule has 0 atom stereocenters. The van der Waals surface area contributed by atoms with Gasteiger partial charge in [-0.25, -0.2) is 0 Å². The zero-order chi connectivity index (χ0) is 24.6. The Bertz CT molecular complexity index is 1380. The summed E-state index contributed by atoms with van der Waals surface area (Å²) in [4.78, 5) is 38.0. The number of aryl methyl sites for hydroxylation is 1. The van der Waals surface area contributed by atoms with Crippen LogP contribution < -0.4 is 16.2 Å². The van der Waals surface area contributed by atoms with Gasteiger partial charge in [0.05, 0.1) is 17.9 Å². The van der Waals surface area contributed by atoms with Crippen molar-refractivity contribution in [3.8, 4) is 0 Å². The van der Waals surface area contributed by atoms with Gasteiger partial charge in [0.2, 0.25) is 5.91 Å². The number of hydrogen-bond donors (Lipinski definition) is 2. The number of benzene rings is 3. The van der Waals surface area contributed by atoms with Crippen LogP contribution in [0.3, 0.4) is 0 Å². The van der Waals surface area contributed by atoms with E-state index in [2.05, 4.69) is 10.6 Å². The second-order valence-corrected chi connectivity index (χ2v) is 9.03. The fraction of sp³-hybridized carbons (Fsp3) is 0.107. The summed E-state index contributed by atoms with van der Waals surface area (Å²) in [5.74, 6) is -0.202. The number of anilines is 2. The number of pyridine rings is 1. The van der Waals surface area contributed by atoms with Gasteiger partial charge in [-0.05, 0) is 55.0 Å². The Morgan fingerprint density at radius 3 is 2.20 bits per heavy atom. The van der Waals surface area contributed by atoms with Gasteiger partial charge >= 0.3 is 0 Å². The molecule has 176 valence electrons. The van der Waals surface area contributed by atoms with Gasteiger partial charge in [0.15, 0.2) is 0 Å². The van der Waals surface area contributed by atoms with Gasteiger partial charge in [0.25, 0.3) is 11.5 Å². The summed E-state index contributed by atoms with van der Waals surface area (Å²) in [7, 11) is 0. The van der Waals surface area contributed by atoms with Crippen LogP contribution in [0.2, 0.25) is 0 Å². The van der Waals surface area contributed by atoms with E-state index < -0.39 is 0 Å². The Morgan fingerprint density at radius 2 is 1.46 bits per heavy atom. The lowest BCUT2D eigenvalue weighted by molar-refractivity contribution is -0.113. The number of nitrogens with zero attached hydrogens (tertiary/aromatic N) is 1. The standard InChI is InChI=1S/C28H25N3O3S/c1-20-9-13-22(14-10-20)29-26(32)19-35-25-7-3-2-6-24(25)28(34)30-23-15-11-21(12-16-23)18-31-17-5-4-8-27(31)33/h2-17H,18-19H2,1H3,(H,29,32)(H,30,34). The molecule has 0 aliphatic heterocycles. The van der Waals surface area contributed by atoms with Crippen molar-refractivity contribution in [1.29, 1.82) is 0 Å². The first-order chi connectivity index (χ1) is 17.0. The minimum absolute atomic E-state index is 0.0634. The lowest BCUT2D eigenvalue weighted by Crippen LogP contribution is -2.18. The summed E-state index contributed by atoms with van der Waals surface area (Å²) in [5.41, 5.74) is 3.90. The molecule has 7 heteroatoms. The zero-order valence-corrected chi connectivity index (χ0v) is 20.0. The topological polar surface area (TPSA) is 80.2 Å². The fourth-order valence-electron chi connectivity index (χ4n) is 3.44. The lowest BCUT2D eigenvalue weighted by Gasteiger charge is -2.11. The van der Waals surface area contributed by atoms with E-state index >= 15 is 0 Å². The van der Waals surface area contributed by atoms with Crippen molar-refractivity contribution >= 4 is 35.0 Å².